The minimum atomic E-state index is -0.0803. The monoisotopic (exact) mass is 427 g/mol. The second-order valence-corrected chi connectivity index (χ2v) is 7.99. The highest BCUT2D eigenvalue weighted by Gasteiger charge is 2.24. The Morgan fingerprint density at radius 1 is 1.22 bits per heavy atom. The summed E-state index contributed by atoms with van der Waals surface area (Å²) in [6.07, 6.45) is 0.852. The van der Waals surface area contributed by atoms with Crippen LogP contribution in [0.2, 0.25) is 5.02 Å². The fraction of sp³-hybridized carbons (Fsp3) is 0.368. The second kappa shape index (κ2) is 9.06. The van der Waals surface area contributed by atoms with Crippen molar-refractivity contribution in [3.63, 3.8) is 0 Å². The predicted molar refractivity (Wildman–Crippen MR) is 115 cm³/mol. The average molecular weight is 428 g/mol. The molecule has 0 radical (unpaired) electrons. The molecule has 0 bridgehead atoms. The van der Waals surface area contributed by atoms with Gasteiger partial charge in [0, 0.05) is 11.6 Å². The Bertz CT molecular complexity index is 936. The highest BCUT2D eigenvalue weighted by Crippen LogP contribution is 2.32. The Kier molecular flexibility index (Phi) is 7.28. The summed E-state index contributed by atoms with van der Waals surface area (Å²) in [6, 6.07) is 7.37. The standard InChI is InChI=1S/C19H22ClN3O2S.ClH/c1-12-10-15(13(2)25-12)18(24)23(9-5-8-22(3)4)19-21-16-7-6-14(20)11-17(16)26-19;/h6-7,10-11H,5,8-9H2,1-4H3;1H. The lowest BCUT2D eigenvalue weighted by atomic mass is 10.2. The van der Waals surface area contributed by atoms with Crippen LogP contribution in [0.25, 0.3) is 10.2 Å². The van der Waals surface area contributed by atoms with Crippen LogP contribution < -0.4 is 4.90 Å². The van der Waals surface area contributed by atoms with E-state index in [0.29, 0.717) is 28.0 Å². The van der Waals surface area contributed by atoms with Gasteiger partial charge < -0.3 is 9.32 Å². The van der Waals surface area contributed by atoms with Crippen LogP contribution in [0.1, 0.15) is 28.3 Å². The Morgan fingerprint density at radius 3 is 2.59 bits per heavy atom. The zero-order valence-corrected chi connectivity index (χ0v) is 18.2. The van der Waals surface area contributed by atoms with E-state index in [9.17, 15) is 4.79 Å². The van der Waals surface area contributed by atoms with E-state index in [-0.39, 0.29) is 18.3 Å². The van der Waals surface area contributed by atoms with Crippen molar-refractivity contribution in [1.29, 1.82) is 0 Å². The molecule has 0 aliphatic rings. The first-order valence-electron chi connectivity index (χ1n) is 8.45. The summed E-state index contributed by atoms with van der Waals surface area (Å²) < 4.78 is 6.52. The molecule has 0 atom stereocenters. The van der Waals surface area contributed by atoms with Crippen LogP contribution in [0.15, 0.2) is 28.7 Å². The zero-order valence-electron chi connectivity index (χ0n) is 15.8. The van der Waals surface area contributed by atoms with Gasteiger partial charge in [0.05, 0.1) is 15.8 Å². The lowest BCUT2D eigenvalue weighted by molar-refractivity contribution is 0.0984. The first-order chi connectivity index (χ1) is 12.3. The average Bonchev–Trinajstić information content (AvgIpc) is 3.12. The summed E-state index contributed by atoms with van der Waals surface area (Å²) >= 11 is 7.57. The molecule has 0 unspecified atom stereocenters. The van der Waals surface area contributed by atoms with E-state index in [2.05, 4.69) is 9.88 Å². The third-order valence-corrected chi connectivity index (χ3v) is 5.35. The lowest BCUT2D eigenvalue weighted by Crippen LogP contribution is -2.33. The lowest BCUT2D eigenvalue weighted by Gasteiger charge is -2.20. The van der Waals surface area contributed by atoms with Crippen molar-refractivity contribution in [3.8, 4) is 0 Å². The molecule has 3 rings (SSSR count). The number of carbonyl (C=O) groups is 1. The topological polar surface area (TPSA) is 49.6 Å². The summed E-state index contributed by atoms with van der Waals surface area (Å²) in [4.78, 5) is 21.7. The van der Waals surface area contributed by atoms with Crippen LogP contribution in [0.4, 0.5) is 5.13 Å². The number of fused-ring (bicyclic) bond motifs is 1. The molecular formula is C19H23Cl2N3O2S. The third-order valence-electron chi connectivity index (χ3n) is 4.07. The van der Waals surface area contributed by atoms with Gasteiger partial charge in [-0.25, -0.2) is 4.98 Å². The number of anilines is 1. The number of benzene rings is 1. The molecule has 3 aromatic rings. The molecular weight excluding hydrogens is 405 g/mol. The molecule has 0 aliphatic heterocycles. The van der Waals surface area contributed by atoms with Crippen molar-refractivity contribution in [2.75, 3.05) is 32.1 Å². The van der Waals surface area contributed by atoms with Crippen molar-refractivity contribution in [3.05, 3.63) is 46.4 Å². The van der Waals surface area contributed by atoms with Crippen molar-refractivity contribution in [2.45, 2.75) is 20.3 Å². The van der Waals surface area contributed by atoms with Crippen molar-refractivity contribution in [1.82, 2.24) is 9.88 Å². The largest absolute Gasteiger partial charge is 0.466 e. The number of carbonyl (C=O) groups excluding carboxylic acids is 1. The quantitative estimate of drug-likeness (QED) is 0.543. The number of thiazole rings is 1. The molecule has 0 saturated carbocycles. The SMILES string of the molecule is Cc1cc(C(=O)N(CCCN(C)C)c2nc3ccc(Cl)cc3s2)c(C)o1.Cl. The molecule has 2 aromatic heterocycles. The summed E-state index contributed by atoms with van der Waals surface area (Å²) in [5.74, 6) is 1.28. The van der Waals surface area contributed by atoms with E-state index in [1.807, 2.05) is 46.1 Å². The van der Waals surface area contributed by atoms with Crippen LogP contribution in [-0.4, -0.2) is 43.0 Å². The third kappa shape index (κ3) is 5.02. The number of rotatable bonds is 6. The number of amides is 1. The predicted octanol–water partition coefficient (Wildman–Crippen LogP) is 5.18. The van der Waals surface area contributed by atoms with Crippen molar-refractivity contribution in [2.24, 2.45) is 0 Å². The minimum Gasteiger partial charge on any atom is -0.466 e. The maximum absolute atomic E-state index is 13.2. The van der Waals surface area contributed by atoms with Crippen molar-refractivity contribution < 1.29 is 9.21 Å². The Morgan fingerprint density at radius 2 is 1.96 bits per heavy atom. The van der Waals surface area contributed by atoms with Crippen LogP contribution >= 0.6 is 35.3 Å². The Hall–Kier alpha value is -1.60. The van der Waals surface area contributed by atoms with Gasteiger partial charge in [-0.1, -0.05) is 22.9 Å². The van der Waals surface area contributed by atoms with Crippen LogP contribution in [0.5, 0.6) is 0 Å². The number of aromatic nitrogens is 1. The molecule has 0 fully saturated rings. The van der Waals surface area contributed by atoms with Crippen LogP contribution in [0, 0.1) is 13.8 Å². The van der Waals surface area contributed by atoms with Gasteiger partial charge >= 0.3 is 0 Å². The molecule has 1 amide bonds. The Labute approximate surface area is 174 Å². The van der Waals surface area contributed by atoms with Gasteiger partial charge in [0.1, 0.15) is 11.5 Å². The zero-order chi connectivity index (χ0) is 18.8. The number of halogens is 2. The van der Waals surface area contributed by atoms with E-state index in [1.165, 1.54) is 11.3 Å². The first kappa shape index (κ1) is 21.7. The maximum Gasteiger partial charge on any atom is 0.263 e. The van der Waals surface area contributed by atoms with E-state index < -0.39 is 0 Å². The van der Waals surface area contributed by atoms with Gasteiger partial charge in [-0.15, -0.1) is 12.4 Å². The van der Waals surface area contributed by atoms with Gasteiger partial charge in [-0.2, -0.15) is 0 Å². The van der Waals surface area contributed by atoms with Gasteiger partial charge in [-0.05, 0) is 65.2 Å². The van der Waals surface area contributed by atoms with Crippen molar-refractivity contribution >= 4 is 56.6 Å². The number of hydrogen-bond acceptors (Lipinski definition) is 5. The molecule has 27 heavy (non-hydrogen) atoms. The highest BCUT2D eigenvalue weighted by molar-refractivity contribution is 7.22. The van der Waals surface area contributed by atoms with E-state index >= 15 is 0 Å². The number of hydrogen-bond donors (Lipinski definition) is 0. The number of aryl methyl sites for hydroxylation is 2. The molecule has 0 saturated heterocycles. The normalized spacial score (nSPS) is 11.0. The summed E-state index contributed by atoms with van der Waals surface area (Å²) in [6.45, 7) is 5.15. The molecule has 0 aliphatic carbocycles. The summed E-state index contributed by atoms with van der Waals surface area (Å²) in [5, 5.41) is 1.35. The fourth-order valence-electron chi connectivity index (χ4n) is 2.82. The molecule has 2 heterocycles. The van der Waals surface area contributed by atoms with E-state index in [1.54, 1.807) is 11.0 Å². The van der Waals surface area contributed by atoms with Gasteiger partial charge in [0.2, 0.25) is 0 Å². The van der Waals surface area contributed by atoms with Crippen LogP contribution in [0.3, 0.4) is 0 Å². The second-order valence-electron chi connectivity index (χ2n) is 6.55. The first-order valence-corrected chi connectivity index (χ1v) is 9.64. The van der Waals surface area contributed by atoms with E-state index in [4.69, 9.17) is 16.0 Å². The van der Waals surface area contributed by atoms with Crippen LogP contribution in [-0.2, 0) is 0 Å². The maximum atomic E-state index is 13.2. The minimum absolute atomic E-state index is 0. The summed E-state index contributed by atoms with van der Waals surface area (Å²) in [5.41, 5.74) is 1.43. The van der Waals surface area contributed by atoms with Gasteiger partial charge in [-0.3, -0.25) is 9.69 Å². The van der Waals surface area contributed by atoms with E-state index in [0.717, 1.165) is 28.9 Å². The molecule has 5 nitrogen and oxygen atoms in total. The number of furan rings is 1. The fourth-order valence-corrected chi connectivity index (χ4v) is 4.09. The van der Waals surface area contributed by atoms with Gasteiger partial charge in [0.25, 0.3) is 5.91 Å². The molecule has 1 aromatic carbocycles. The number of nitrogens with zero attached hydrogens (tertiary/aromatic N) is 3. The molecule has 0 spiro atoms. The molecule has 8 heteroatoms. The molecule has 146 valence electrons. The molecule has 0 N–H and O–H groups in total. The smallest absolute Gasteiger partial charge is 0.263 e. The summed E-state index contributed by atoms with van der Waals surface area (Å²) in [7, 11) is 4.05. The van der Waals surface area contributed by atoms with Gasteiger partial charge in [0.15, 0.2) is 5.13 Å². The highest BCUT2D eigenvalue weighted by atomic mass is 35.5. The Balaban J connectivity index is 0.00000261.